The molecule has 0 unspecified atom stereocenters. The fraction of sp³-hybridized carbons (Fsp3) is 0.125. The van der Waals surface area contributed by atoms with E-state index >= 15 is 0 Å². The van der Waals surface area contributed by atoms with Crippen molar-refractivity contribution >= 4 is 27.4 Å². The molecule has 1 aromatic rings. The van der Waals surface area contributed by atoms with Crippen LogP contribution in [0.2, 0.25) is 0 Å². The summed E-state index contributed by atoms with van der Waals surface area (Å²) in [5.41, 5.74) is 6.28. The van der Waals surface area contributed by atoms with Crippen LogP contribution in [0.4, 0.5) is 11.5 Å². The number of anilines is 2. The molecule has 0 aliphatic carbocycles. The van der Waals surface area contributed by atoms with Crippen molar-refractivity contribution < 1.29 is 0 Å². The van der Waals surface area contributed by atoms with Crippen molar-refractivity contribution in [2.75, 3.05) is 17.6 Å². The monoisotopic (exact) mass is 227 g/mol. The van der Waals surface area contributed by atoms with Gasteiger partial charge in [-0.3, -0.25) is 0 Å². The van der Waals surface area contributed by atoms with E-state index in [4.69, 9.17) is 5.73 Å². The van der Waals surface area contributed by atoms with Crippen LogP contribution in [-0.2, 0) is 0 Å². The quantitative estimate of drug-likeness (QED) is 0.831. The fourth-order valence-electron chi connectivity index (χ4n) is 0.745. The lowest BCUT2D eigenvalue weighted by molar-refractivity contribution is 1.23. The Morgan fingerprint density at radius 1 is 1.75 bits per heavy atom. The molecule has 64 valence electrons. The van der Waals surface area contributed by atoms with Gasteiger partial charge in [0.2, 0.25) is 0 Å². The molecule has 4 heteroatoms. The Bertz CT molecular complexity index is 285. The highest BCUT2D eigenvalue weighted by atomic mass is 79.9. The maximum absolute atomic E-state index is 5.64. The summed E-state index contributed by atoms with van der Waals surface area (Å²) in [5.74, 6) is 0.693. The van der Waals surface area contributed by atoms with E-state index in [9.17, 15) is 0 Å². The van der Waals surface area contributed by atoms with Crippen molar-refractivity contribution in [2.24, 2.45) is 0 Å². The second kappa shape index (κ2) is 4.11. The average molecular weight is 228 g/mol. The summed E-state index contributed by atoms with van der Waals surface area (Å²) in [6.07, 6.45) is 1.69. The van der Waals surface area contributed by atoms with Crippen LogP contribution in [-0.4, -0.2) is 11.5 Å². The van der Waals surface area contributed by atoms with E-state index in [2.05, 4.69) is 32.8 Å². The van der Waals surface area contributed by atoms with Gasteiger partial charge >= 0.3 is 0 Å². The molecule has 1 heterocycles. The van der Waals surface area contributed by atoms with Gasteiger partial charge in [-0.1, -0.05) is 22.5 Å². The molecule has 0 aromatic carbocycles. The molecule has 0 saturated carbocycles. The molecule has 0 aliphatic heterocycles. The molecular formula is C8H10BrN3. The van der Waals surface area contributed by atoms with Gasteiger partial charge in [-0.15, -0.1) is 0 Å². The molecule has 0 atom stereocenters. The minimum atomic E-state index is 0.626. The van der Waals surface area contributed by atoms with E-state index in [0.717, 1.165) is 4.48 Å². The Morgan fingerprint density at radius 2 is 2.50 bits per heavy atom. The summed E-state index contributed by atoms with van der Waals surface area (Å²) >= 11 is 3.23. The summed E-state index contributed by atoms with van der Waals surface area (Å²) in [5, 5.41) is 3.03. The molecular weight excluding hydrogens is 218 g/mol. The van der Waals surface area contributed by atoms with Gasteiger partial charge in [0.25, 0.3) is 0 Å². The first kappa shape index (κ1) is 9.06. The summed E-state index contributed by atoms with van der Waals surface area (Å²) in [7, 11) is 0. The highest BCUT2D eigenvalue weighted by Crippen LogP contribution is 2.13. The van der Waals surface area contributed by atoms with Crippen molar-refractivity contribution in [1.29, 1.82) is 0 Å². The highest BCUT2D eigenvalue weighted by molar-refractivity contribution is 9.11. The lowest BCUT2D eigenvalue weighted by Crippen LogP contribution is -2.05. The normalized spacial score (nSPS) is 9.42. The largest absolute Gasteiger partial charge is 0.396 e. The third-order valence-electron chi connectivity index (χ3n) is 1.29. The van der Waals surface area contributed by atoms with E-state index < -0.39 is 0 Å². The number of hydrogen-bond acceptors (Lipinski definition) is 3. The molecule has 12 heavy (non-hydrogen) atoms. The molecule has 0 radical (unpaired) electrons. The van der Waals surface area contributed by atoms with Crippen LogP contribution < -0.4 is 11.1 Å². The van der Waals surface area contributed by atoms with E-state index in [-0.39, 0.29) is 0 Å². The van der Waals surface area contributed by atoms with Gasteiger partial charge in [-0.2, -0.15) is 0 Å². The molecule has 0 saturated heterocycles. The molecule has 0 fully saturated rings. The summed E-state index contributed by atoms with van der Waals surface area (Å²) in [6.45, 7) is 4.31. The Kier molecular flexibility index (Phi) is 3.10. The first-order valence-electron chi connectivity index (χ1n) is 3.48. The highest BCUT2D eigenvalue weighted by Gasteiger charge is 1.96. The average Bonchev–Trinajstić information content (AvgIpc) is 2.03. The first-order chi connectivity index (χ1) is 5.70. The number of hydrogen-bond donors (Lipinski definition) is 2. The van der Waals surface area contributed by atoms with Crippen LogP contribution in [0.1, 0.15) is 0 Å². The molecule has 1 rings (SSSR count). The van der Waals surface area contributed by atoms with Gasteiger partial charge in [-0.05, 0) is 12.1 Å². The van der Waals surface area contributed by atoms with Gasteiger partial charge in [-0.25, -0.2) is 4.98 Å². The molecule has 0 bridgehead atoms. The number of nitrogens with one attached hydrogen (secondary N) is 1. The van der Waals surface area contributed by atoms with Gasteiger partial charge in [0.05, 0.1) is 5.69 Å². The lowest BCUT2D eigenvalue weighted by Gasteiger charge is -2.05. The maximum atomic E-state index is 5.64. The molecule has 0 amide bonds. The molecule has 3 N–H and O–H groups in total. The Labute approximate surface area is 79.8 Å². The molecule has 0 spiro atoms. The number of nitrogens with two attached hydrogens (primary N) is 1. The topological polar surface area (TPSA) is 50.9 Å². The van der Waals surface area contributed by atoms with Gasteiger partial charge in [0.1, 0.15) is 5.82 Å². The number of nitrogens with zero attached hydrogens (tertiary/aromatic N) is 1. The SMILES string of the molecule is C=C(Br)CNc1ncccc1N. The van der Waals surface area contributed by atoms with Crippen LogP contribution in [0.5, 0.6) is 0 Å². The fourth-order valence-corrected chi connectivity index (χ4v) is 0.885. The zero-order valence-corrected chi connectivity index (χ0v) is 8.13. The minimum absolute atomic E-state index is 0.626. The molecule has 1 aromatic heterocycles. The predicted molar refractivity (Wildman–Crippen MR) is 55.2 cm³/mol. The molecule has 3 nitrogen and oxygen atoms in total. The first-order valence-corrected chi connectivity index (χ1v) is 4.27. The number of aromatic nitrogens is 1. The maximum Gasteiger partial charge on any atom is 0.149 e. The van der Waals surface area contributed by atoms with E-state index in [1.807, 2.05) is 0 Å². The number of halogens is 1. The third-order valence-corrected chi connectivity index (χ3v) is 1.57. The lowest BCUT2D eigenvalue weighted by atomic mass is 10.4. The van der Waals surface area contributed by atoms with E-state index in [1.54, 1.807) is 18.3 Å². The van der Waals surface area contributed by atoms with Gasteiger partial charge in [0.15, 0.2) is 0 Å². The second-order valence-electron chi connectivity index (χ2n) is 2.31. The van der Waals surface area contributed by atoms with Crippen LogP contribution in [0.25, 0.3) is 0 Å². The van der Waals surface area contributed by atoms with Crippen molar-refractivity contribution in [3.8, 4) is 0 Å². The summed E-state index contributed by atoms with van der Waals surface area (Å²) in [4.78, 5) is 4.05. The zero-order valence-electron chi connectivity index (χ0n) is 6.55. The summed E-state index contributed by atoms with van der Waals surface area (Å²) < 4.78 is 0.868. The van der Waals surface area contributed by atoms with E-state index in [1.165, 1.54) is 0 Å². The Morgan fingerprint density at radius 3 is 3.08 bits per heavy atom. The van der Waals surface area contributed by atoms with E-state index in [0.29, 0.717) is 18.1 Å². The van der Waals surface area contributed by atoms with Crippen molar-refractivity contribution in [3.63, 3.8) is 0 Å². The zero-order chi connectivity index (χ0) is 8.97. The van der Waals surface area contributed by atoms with Crippen LogP contribution in [0.15, 0.2) is 29.4 Å². The van der Waals surface area contributed by atoms with Crippen molar-refractivity contribution in [3.05, 3.63) is 29.4 Å². The number of pyridine rings is 1. The third kappa shape index (κ3) is 2.54. The smallest absolute Gasteiger partial charge is 0.149 e. The van der Waals surface area contributed by atoms with Crippen LogP contribution >= 0.6 is 15.9 Å². The minimum Gasteiger partial charge on any atom is -0.396 e. The summed E-state index contributed by atoms with van der Waals surface area (Å²) in [6, 6.07) is 3.59. The van der Waals surface area contributed by atoms with Crippen molar-refractivity contribution in [2.45, 2.75) is 0 Å². The predicted octanol–water partition coefficient (Wildman–Crippen LogP) is 1.98. The molecule has 0 aliphatic rings. The van der Waals surface area contributed by atoms with Gasteiger partial charge in [0, 0.05) is 17.2 Å². The Balaban J connectivity index is 2.63. The van der Waals surface area contributed by atoms with Crippen molar-refractivity contribution in [1.82, 2.24) is 4.98 Å². The van der Waals surface area contributed by atoms with Gasteiger partial charge < -0.3 is 11.1 Å². The van der Waals surface area contributed by atoms with Crippen LogP contribution in [0, 0.1) is 0 Å². The number of rotatable bonds is 3. The standard InChI is InChI=1S/C8H10BrN3/c1-6(9)5-12-8-7(10)3-2-4-11-8/h2-4H,1,5,10H2,(H,11,12). The van der Waals surface area contributed by atoms with Crippen LogP contribution in [0.3, 0.4) is 0 Å². The number of nitrogen functional groups attached to an aromatic ring is 1. The second-order valence-corrected chi connectivity index (χ2v) is 3.43. The Hall–Kier alpha value is -1.03.